The Hall–Kier alpha value is -3.46. The molecule has 0 aliphatic heterocycles. The summed E-state index contributed by atoms with van der Waals surface area (Å²) in [5.41, 5.74) is 2.19. The Morgan fingerprint density at radius 1 is 1.15 bits per heavy atom. The molecule has 9 nitrogen and oxygen atoms in total. The van der Waals surface area contributed by atoms with E-state index in [4.69, 9.17) is 5.73 Å². The van der Waals surface area contributed by atoms with Gasteiger partial charge in [0.15, 0.2) is 17.2 Å². The number of carbonyl (C=O) groups is 4. The van der Waals surface area contributed by atoms with Gasteiger partial charge < -0.3 is 26.2 Å². The topological polar surface area (TPSA) is 175 Å². The zero-order valence-corrected chi connectivity index (χ0v) is 18.9. The maximum absolute atomic E-state index is 13.5. The van der Waals surface area contributed by atoms with Gasteiger partial charge in [0.2, 0.25) is 5.78 Å². The second kappa shape index (κ2) is 8.09. The van der Waals surface area contributed by atoms with Gasteiger partial charge in [0.1, 0.15) is 22.8 Å². The van der Waals surface area contributed by atoms with Crippen molar-refractivity contribution in [2.24, 2.45) is 23.5 Å². The smallest absolute Gasteiger partial charge is 0.255 e. The van der Waals surface area contributed by atoms with Crippen LogP contribution in [0.25, 0.3) is 5.76 Å². The molecule has 180 valence electrons. The number of amides is 1. The molecule has 0 unspecified atom stereocenters. The number of fused-ring (bicyclic) bond motifs is 3. The van der Waals surface area contributed by atoms with Crippen molar-refractivity contribution < 1.29 is 39.6 Å². The van der Waals surface area contributed by atoms with E-state index in [1.807, 2.05) is 13.8 Å². The minimum absolute atomic E-state index is 0.0260. The number of aromatic hydroxyl groups is 1. The minimum atomic E-state index is -2.60. The highest BCUT2D eigenvalue weighted by molar-refractivity contribution is 6.22. The number of phenols is 1. The summed E-state index contributed by atoms with van der Waals surface area (Å²) < 4.78 is 0. The number of ketones is 3. The van der Waals surface area contributed by atoms with Gasteiger partial charge in [-0.2, -0.15) is 0 Å². The lowest BCUT2D eigenvalue weighted by Crippen LogP contribution is -2.58. The summed E-state index contributed by atoms with van der Waals surface area (Å²) in [6.45, 7) is 3.99. The van der Waals surface area contributed by atoms with Crippen LogP contribution >= 0.6 is 0 Å². The lowest BCUT2D eigenvalue weighted by Gasteiger charge is -2.46. The van der Waals surface area contributed by atoms with Gasteiger partial charge in [0, 0.05) is 29.9 Å². The first-order valence-corrected chi connectivity index (χ1v) is 11.2. The van der Waals surface area contributed by atoms with Crippen LogP contribution in [0.5, 0.6) is 5.75 Å². The average molecular weight is 469 g/mol. The van der Waals surface area contributed by atoms with Crippen molar-refractivity contribution in [2.45, 2.75) is 51.6 Å². The van der Waals surface area contributed by atoms with Crippen LogP contribution in [-0.4, -0.2) is 49.3 Å². The Balaban J connectivity index is 1.86. The molecule has 1 aromatic rings. The number of carbonyl (C=O) groups excluding carboxylic acids is 4. The number of benzene rings is 1. The summed E-state index contributed by atoms with van der Waals surface area (Å²) in [4.78, 5) is 50.5. The fraction of sp³-hybridized carbons (Fsp3) is 0.440. The Bertz CT molecular complexity index is 1210. The molecular weight excluding hydrogens is 442 g/mol. The van der Waals surface area contributed by atoms with E-state index in [-0.39, 0.29) is 48.4 Å². The molecule has 0 heterocycles. The fourth-order valence-electron chi connectivity index (χ4n) is 5.44. The van der Waals surface area contributed by atoms with Gasteiger partial charge in [-0.05, 0) is 48.8 Å². The number of nitrogens with two attached hydrogens (primary N) is 1. The third-order valence-corrected chi connectivity index (χ3v) is 7.20. The normalized spacial score (nSPS) is 26.4. The Morgan fingerprint density at radius 3 is 2.44 bits per heavy atom. The van der Waals surface area contributed by atoms with Crippen LogP contribution in [0.15, 0.2) is 29.0 Å². The zero-order valence-electron chi connectivity index (χ0n) is 18.9. The molecule has 1 saturated carbocycles. The van der Waals surface area contributed by atoms with Crippen molar-refractivity contribution in [1.82, 2.24) is 0 Å². The van der Waals surface area contributed by atoms with Crippen LogP contribution in [0.1, 0.15) is 61.0 Å². The van der Waals surface area contributed by atoms with Gasteiger partial charge >= 0.3 is 0 Å². The van der Waals surface area contributed by atoms with Crippen LogP contribution in [0.4, 0.5) is 0 Å². The van der Waals surface area contributed by atoms with Crippen molar-refractivity contribution >= 4 is 29.0 Å². The molecule has 3 atom stereocenters. The number of hydrogen-bond acceptors (Lipinski definition) is 8. The highest BCUT2D eigenvalue weighted by atomic mass is 16.3. The zero-order chi connectivity index (χ0) is 25.1. The molecule has 1 aromatic carbocycles. The van der Waals surface area contributed by atoms with E-state index in [0.717, 1.165) is 0 Å². The molecule has 34 heavy (non-hydrogen) atoms. The molecule has 1 fully saturated rings. The fourth-order valence-corrected chi connectivity index (χ4v) is 5.44. The van der Waals surface area contributed by atoms with Crippen LogP contribution in [0.3, 0.4) is 0 Å². The lowest BCUT2D eigenvalue weighted by atomic mass is 9.59. The standard InChI is InChI=1S/C25H27NO8/c1-10(2)3-5-15(27)13-4-6-16(28)19-14(13)8-11-7-12-9-17(29)20(24(26)33)23(32)25(12,34)22(31)18(11)21(19)30/h4,6,10-12,28,30,32,34H,3,5,7-9H2,1-2H3,(H2,26,33)/t11-,12+,25+/m1/s1. The highest BCUT2D eigenvalue weighted by Gasteiger charge is 2.60. The van der Waals surface area contributed by atoms with Crippen LogP contribution in [-0.2, 0) is 20.8 Å². The number of aliphatic hydroxyl groups excluding tert-OH is 2. The summed E-state index contributed by atoms with van der Waals surface area (Å²) in [5.74, 6) is -6.70. The van der Waals surface area contributed by atoms with Crippen molar-refractivity contribution in [3.63, 3.8) is 0 Å². The van der Waals surface area contributed by atoms with Crippen molar-refractivity contribution in [3.05, 3.63) is 45.7 Å². The van der Waals surface area contributed by atoms with Gasteiger partial charge in [-0.1, -0.05) is 13.8 Å². The van der Waals surface area contributed by atoms with Crippen LogP contribution in [0, 0.1) is 17.8 Å². The van der Waals surface area contributed by atoms with Gasteiger partial charge in [0.25, 0.3) is 5.91 Å². The first-order valence-electron chi connectivity index (χ1n) is 11.2. The molecular formula is C25H27NO8. The molecule has 9 heteroatoms. The van der Waals surface area contributed by atoms with Gasteiger partial charge in [0.05, 0.1) is 5.56 Å². The summed E-state index contributed by atoms with van der Waals surface area (Å²) in [6, 6.07) is 2.76. The summed E-state index contributed by atoms with van der Waals surface area (Å²) >= 11 is 0. The number of Topliss-reactive ketones (excluding diaryl/α,β-unsaturated/α-hetero) is 3. The molecule has 0 saturated heterocycles. The number of phenolic OH excluding ortho intramolecular Hbond substituents is 1. The van der Waals surface area contributed by atoms with E-state index >= 15 is 0 Å². The maximum Gasteiger partial charge on any atom is 0.255 e. The predicted molar refractivity (Wildman–Crippen MR) is 120 cm³/mol. The Labute approximate surface area is 195 Å². The number of rotatable bonds is 5. The molecule has 3 aliphatic carbocycles. The molecule has 1 amide bonds. The first-order chi connectivity index (χ1) is 15.9. The molecule has 0 radical (unpaired) electrons. The third-order valence-electron chi connectivity index (χ3n) is 7.20. The SMILES string of the molecule is CC(C)CCC(=O)c1ccc(O)c2c1C[C@H]1C[C@H]3CC(=O)C(C(N)=O)=C(O)[C@@]3(O)C(=O)C1=C2O. The quantitative estimate of drug-likeness (QED) is 0.321. The molecule has 3 aliphatic rings. The second-order valence-electron chi connectivity index (χ2n) is 9.75. The molecule has 4 rings (SSSR count). The molecule has 0 spiro atoms. The van der Waals surface area contributed by atoms with E-state index in [1.54, 1.807) is 0 Å². The van der Waals surface area contributed by atoms with Crippen molar-refractivity contribution in [1.29, 1.82) is 0 Å². The van der Waals surface area contributed by atoms with Gasteiger partial charge in [-0.25, -0.2) is 0 Å². The first kappa shape index (κ1) is 23.7. The van der Waals surface area contributed by atoms with Crippen molar-refractivity contribution in [2.75, 3.05) is 0 Å². The third kappa shape index (κ3) is 3.34. The van der Waals surface area contributed by atoms with E-state index in [9.17, 15) is 39.6 Å². The van der Waals surface area contributed by atoms with Crippen LogP contribution in [0.2, 0.25) is 0 Å². The van der Waals surface area contributed by atoms with Gasteiger partial charge in [-0.3, -0.25) is 19.2 Å². The van der Waals surface area contributed by atoms with Gasteiger partial charge in [-0.15, -0.1) is 0 Å². The lowest BCUT2D eigenvalue weighted by molar-refractivity contribution is -0.147. The average Bonchev–Trinajstić information content (AvgIpc) is 2.74. The monoisotopic (exact) mass is 469 g/mol. The van der Waals surface area contributed by atoms with E-state index < -0.39 is 52.0 Å². The largest absolute Gasteiger partial charge is 0.508 e. The van der Waals surface area contributed by atoms with E-state index in [2.05, 4.69) is 0 Å². The second-order valence-corrected chi connectivity index (χ2v) is 9.75. The summed E-state index contributed by atoms with van der Waals surface area (Å²) in [6.07, 6.45) is 0.696. The maximum atomic E-state index is 13.5. The predicted octanol–water partition coefficient (Wildman–Crippen LogP) is 2.04. The Morgan fingerprint density at radius 2 is 1.82 bits per heavy atom. The van der Waals surface area contributed by atoms with E-state index in [0.29, 0.717) is 23.5 Å². The van der Waals surface area contributed by atoms with E-state index in [1.165, 1.54) is 12.1 Å². The minimum Gasteiger partial charge on any atom is -0.508 e. The van der Waals surface area contributed by atoms with Crippen molar-refractivity contribution in [3.8, 4) is 5.75 Å². The summed E-state index contributed by atoms with van der Waals surface area (Å²) in [5, 5.41) is 43.3. The molecule has 0 aromatic heterocycles. The van der Waals surface area contributed by atoms with Crippen LogP contribution < -0.4 is 5.73 Å². The molecule has 0 bridgehead atoms. The highest BCUT2D eigenvalue weighted by Crippen LogP contribution is 2.52. The number of hydrogen-bond donors (Lipinski definition) is 5. The number of primary amides is 1. The summed E-state index contributed by atoms with van der Waals surface area (Å²) in [7, 11) is 0. The number of aliphatic hydroxyl groups is 3. The molecule has 6 N–H and O–H groups in total. The Kier molecular flexibility index (Phi) is 5.64.